The van der Waals surface area contributed by atoms with Crippen LogP contribution >= 0.6 is 9.24 Å². The van der Waals surface area contributed by atoms with Gasteiger partial charge in [-0.3, -0.25) is 4.79 Å². The van der Waals surface area contributed by atoms with E-state index in [0.29, 0.717) is 18.1 Å². The Labute approximate surface area is 199 Å². The number of hydrogen-bond donors (Lipinski definition) is 0. The monoisotopic (exact) mass is 521 g/mol. The summed E-state index contributed by atoms with van der Waals surface area (Å²) in [5.74, 6) is -4.10. The first kappa shape index (κ1) is 28.1. The molecule has 2 rings (SSSR count). The van der Waals surface area contributed by atoms with Crippen LogP contribution in [-0.4, -0.2) is 56.3 Å². The number of nitrogens with zero attached hydrogens (tertiary/aromatic N) is 1. The van der Waals surface area contributed by atoms with Gasteiger partial charge in [0.25, 0.3) is 17.5 Å². The van der Waals surface area contributed by atoms with Crippen molar-refractivity contribution in [2.75, 3.05) is 19.3 Å². The van der Waals surface area contributed by atoms with Crippen molar-refractivity contribution in [2.24, 2.45) is 0 Å². The number of carbonyl (C=O) groups excluding carboxylic acids is 1. The third-order valence-electron chi connectivity index (χ3n) is 5.39. The zero-order chi connectivity index (χ0) is 26.2. The number of sulfone groups is 1. The van der Waals surface area contributed by atoms with Crippen molar-refractivity contribution in [1.29, 1.82) is 0 Å². The van der Waals surface area contributed by atoms with Crippen LogP contribution in [0.2, 0.25) is 0 Å². The van der Waals surface area contributed by atoms with Crippen LogP contribution in [0.1, 0.15) is 38.1 Å². The van der Waals surface area contributed by atoms with Crippen LogP contribution in [0.5, 0.6) is 5.75 Å². The summed E-state index contributed by atoms with van der Waals surface area (Å²) < 4.78 is 84.7. The highest BCUT2D eigenvalue weighted by molar-refractivity contribution is 7.90. The van der Waals surface area contributed by atoms with Crippen LogP contribution in [0, 0.1) is 0 Å². The van der Waals surface area contributed by atoms with Gasteiger partial charge in [0.15, 0.2) is 15.9 Å². The highest BCUT2D eigenvalue weighted by atomic mass is 32.2. The summed E-state index contributed by atoms with van der Waals surface area (Å²) in [6, 6.07) is 3.41. The Bertz CT molecular complexity index is 1160. The lowest BCUT2D eigenvalue weighted by molar-refractivity contribution is -0.0720. The van der Waals surface area contributed by atoms with Gasteiger partial charge in [0.2, 0.25) is 0 Å². The maximum Gasteiger partial charge on any atom is 0.284 e. The molecule has 2 atom stereocenters. The predicted octanol–water partition coefficient (Wildman–Crippen LogP) is 5.26. The number of alkyl halides is 4. The fraction of sp³-hybridized carbons (Fsp3) is 0.435. The van der Waals surface area contributed by atoms with E-state index >= 15 is 0 Å². The molecule has 0 saturated carbocycles. The summed E-state index contributed by atoms with van der Waals surface area (Å²) in [6.45, 7) is 8.55. The minimum absolute atomic E-state index is 0.0375. The molecule has 188 valence electrons. The molecule has 0 fully saturated rings. The van der Waals surface area contributed by atoms with E-state index in [0.717, 1.165) is 25.3 Å². The third kappa shape index (κ3) is 6.69. The van der Waals surface area contributed by atoms with Gasteiger partial charge in [0.1, 0.15) is 5.75 Å². The molecule has 5 nitrogen and oxygen atoms in total. The topological polar surface area (TPSA) is 63.7 Å². The van der Waals surface area contributed by atoms with Gasteiger partial charge >= 0.3 is 0 Å². The SMILES string of the molecule is C=C(C)/C(=C\C1=C(C)CN(C(=O)c2cc(S(C)(=O)=O)ccc2OC(C)C(C)(F)F)C1)C(F)(F)P. The number of rotatable bonds is 8. The minimum atomic E-state index is -3.71. The van der Waals surface area contributed by atoms with Crippen molar-refractivity contribution < 1.29 is 35.5 Å². The second kappa shape index (κ2) is 9.82. The Morgan fingerprint density at radius 1 is 1.26 bits per heavy atom. The number of hydrogen-bond acceptors (Lipinski definition) is 4. The molecule has 1 aromatic carbocycles. The lowest BCUT2D eigenvalue weighted by Crippen LogP contribution is -2.34. The summed E-state index contributed by atoms with van der Waals surface area (Å²) in [7, 11) is -2.25. The van der Waals surface area contributed by atoms with Crippen LogP contribution in [-0.2, 0) is 9.84 Å². The summed E-state index contributed by atoms with van der Waals surface area (Å²) in [5, 5.41) is 0. The van der Waals surface area contributed by atoms with Crippen LogP contribution in [0.15, 0.2) is 58.0 Å². The normalized spacial score (nSPS) is 16.6. The number of halogens is 4. The zero-order valence-corrected chi connectivity index (χ0v) is 21.6. The number of carbonyl (C=O) groups is 1. The summed E-state index contributed by atoms with van der Waals surface area (Å²) in [6.07, 6.45) is 0.636. The average Bonchev–Trinajstić information content (AvgIpc) is 3.03. The molecule has 1 heterocycles. The van der Waals surface area contributed by atoms with Crippen LogP contribution in [0.4, 0.5) is 17.6 Å². The number of allylic oxidation sites excluding steroid dienone is 2. The van der Waals surface area contributed by atoms with Crippen molar-refractivity contribution in [3.05, 3.63) is 58.7 Å². The molecule has 11 heteroatoms. The van der Waals surface area contributed by atoms with Crippen molar-refractivity contribution in [1.82, 2.24) is 4.90 Å². The van der Waals surface area contributed by atoms with E-state index in [4.69, 9.17) is 4.74 Å². The third-order valence-corrected chi connectivity index (χ3v) is 6.81. The van der Waals surface area contributed by atoms with E-state index in [1.54, 1.807) is 6.92 Å². The molecule has 2 unspecified atom stereocenters. The molecule has 0 aliphatic carbocycles. The second-order valence-electron chi connectivity index (χ2n) is 8.57. The van der Waals surface area contributed by atoms with Crippen molar-refractivity contribution in [2.45, 2.75) is 50.3 Å². The van der Waals surface area contributed by atoms with Crippen molar-refractivity contribution in [3.63, 3.8) is 0 Å². The lowest BCUT2D eigenvalue weighted by atomic mass is 10.0. The second-order valence-corrected chi connectivity index (χ2v) is 11.3. The van der Waals surface area contributed by atoms with Crippen LogP contribution < -0.4 is 4.74 Å². The van der Waals surface area contributed by atoms with E-state index in [2.05, 4.69) is 6.58 Å². The zero-order valence-electron chi connectivity index (χ0n) is 19.6. The van der Waals surface area contributed by atoms with E-state index in [1.165, 1.54) is 33.2 Å². The fourth-order valence-corrected chi connectivity index (χ4v) is 4.23. The van der Waals surface area contributed by atoms with Gasteiger partial charge in [-0.1, -0.05) is 15.8 Å². The molecule has 1 aliphatic heterocycles. The van der Waals surface area contributed by atoms with Crippen LogP contribution in [0.25, 0.3) is 0 Å². The molecular formula is C23H28F4NO4PS. The molecule has 0 N–H and O–H groups in total. The van der Waals surface area contributed by atoms with Gasteiger partial charge in [0.05, 0.1) is 10.5 Å². The first-order chi connectivity index (χ1) is 15.3. The fourth-order valence-electron chi connectivity index (χ4n) is 3.25. The number of ether oxygens (including phenoxy) is 1. The van der Waals surface area contributed by atoms with Gasteiger partial charge in [0, 0.05) is 31.8 Å². The first-order valence-corrected chi connectivity index (χ1v) is 12.7. The Morgan fingerprint density at radius 2 is 1.85 bits per heavy atom. The molecule has 0 spiro atoms. The quantitative estimate of drug-likeness (QED) is 0.266. The molecule has 34 heavy (non-hydrogen) atoms. The Balaban J connectivity index is 2.46. The first-order valence-electron chi connectivity index (χ1n) is 10.2. The van der Waals surface area contributed by atoms with E-state index in [-0.39, 0.29) is 40.4 Å². The predicted molar refractivity (Wildman–Crippen MR) is 126 cm³/mol. The van der Waals surface area contributed by atoms with Gasteiger partial charge < -0.3 is 9.64 Å². The van der Waals surface area contributed by atoms with Gasteiger partial charge in [-0.2, -0.15) is 8.78 Å². The number of benzene rings is 1. The average molecular weight is 522 g/mol. The molecule has 1 aliphatic rings. The molecule has 0 aromatic heterocycles. The molecule has 1 aromatic rings. The maximum absolute atomic E-state index is 14.0. The summed E-state index contributed by atoms with van der Waals surface area (Å²) >= 11 is 0. The van der Waals surface area contributed by atoms with E-state index < -0.39 is 33.4 Å². The summed E-state index contributed by atoms with van der Waals surface area (Å²) in [4.78, 5) is 14.5. The maximum atomic E-state index is 14.0. The largest absolute Gasteiger partial charge is 0.484 e. The molecule has 0 bridgehead atoms. The van der Waals surface area contributed by atoms with Crippen LogP contribution in [0.3, 0.4) is 0 Å². The van der Waals surface area contributed by atoms with Gasteiger partial charge in [-0.05, 0) is 61.8 Å². The van der Waals surface area contributed by atoms with E-state index in [9.17, 15) is 30.8 Å². The number of amides is 1. The highest BCUT2D eigenvalue weighted by Crippen LogP contribution is 2.37. The Morgan fingerprint density at radius 3 is 2.32 bits per heavy atom. The van der Waals surface area contributed by atoms with Crippen molar-refractivity contribution >= 4 is 25.0 Å². The smallest absolute Gasteiger partial charge is 0.284 e. The molecule has 0 saturated heterocycles. The summed E-state index contributed by atoms with van der Waals surface area (Å²) in [5.41, 5.74) is -2.45. The standard InChI is InChI=1S/C23H28F4NO4PS/c1-13(2)19(23(26,27)33)9-16-12-28(11-14(16)3)21(29)18-10-17(34(6,30)31)7-8-20(18)32-15(4)22(5,24)25/h7-10,15H,1,11-12,33H2,2-6H3/b19-9+. The Hall–Kier alpha value is -2.19. The Kier molecular flexibility index (Phi) is 8.10. The highest BCUT2D eigenvalue weighted by Gasteiger charge is 2.35. The van der Waals surface area contributed by atoms with Gasteiger partial charge in [-0.25, -0.2) is 17.2 Å². The lowest BCUT2D eigenvalue weighted by Gasteiger charge is -2.24. The molecule has 0 radical (unpaired) electrons. The van der Waals surface area contributed by atoms with E-state index in [1.807, 2.05) is 0 Å². The molecular weight excluding hydrogens is 493 g/mol. The van der Waals surface area contributed by atoms with Crippen molar-refractivity contribution in [3.8, 4) is 5.75 Å². The molecule has 1 amide bonds. The van der Waals surface area contributed by atoms with Gasteiger partial charge in [-0.15, -0.1) is 0 Å². The minimum Gasteiger partial charge on any atom is -0.484 e.